The molecule has 0 aliphatic carbocycles. The second kappa shape index (κ2) is 6.95. The molecule has 1 aromatic rings. The molecule has 1 fully saturated rings. The van der Waals surface area contributed by atoms with Gasteiger partial charge >= 0.3 is 0 Å². The normalized spacial score (nSPS) is 17.3. The molecular weight excluding hydrogens is 276 g/mol. The van der Waals surface area contributed by atoms with E-state index in [9.17, 15) is 9.59 Å². The minimum Gasteiger partial charge on any atom is -0.369 e. The lowest BCUT2D eigenvalue weighted by Gasteiger charge is -2.39. The van der Waals surface area contributed by atoms with Gasteiger partial charge in [-0.3, -0.25) is 9.59 Å². The molecule has 0 bridgehead atoms. The number of carbonyl (C=O) groups excluding carboxylic acids is 2. The zero-order chi connectivity index (χ0) is 16.2. The summed E-state index contributed by atoms with van der Waals surface area (Å²) in [5.74, 6) is -0.0655. The quantitative estimate of drug-likeness (QED) is 0.908. The highest BCUT2D eigenvalue weighted by molar-refractivity contribution is 5.82. The van der Waals surface area contributed by atoms with E-state index in [0.717, 1.165) is 24.0 Å². The molecule has 1 aliphatic rings. The summed E-state index contributed by atoms with van der Waals surface area (Å²) in [7, 11) is 0. The van der Waals surface area contributed by atoms with E-state index in [-0.39, 0.29) is 11.8 Å². The Bertz CT molecular complexity index is 546. The van der Waals surface area contributed by atoms with Gasteiger partial charge < -0.3 is 10.6 Å². The van der Waals surface area contributed by atoms with Crippen molar-refractivity contribution in [2.75, 3.05) is 13.1 Å². The lowest BCUT2D eigenvalue weighted by molar-refractivity contribution is -0.138. The highest BCUT2D eigenvalue weighted by Gasteiger charge is 2.39. The van der Waals surface area contributed by atoms with Crippen molar-refractivity contribution in [1.29, 1.82) is 0 Å². The Morgan fingerprint density at radius 2 is 1.86 bits per heavy atom. The van der Waals surface area contributed by atoms with Crippen molar-refractivity contribution in [3.63, 3.8) is 0 Å². The van der Waals surface area contributed by atoms with Crippen LogP contribution in [0, 0.1) is 12.3 Å². The largest absolute Gasteiger partial charge is 0.369 e. The third-order valence-corrected chi connectivity index (χ3v) is 4.93. The monoisotopic (exact) mass is 302 g/mol. The Labute approximate surface area is 132 Å². The smallest absolute Gasteiger partial charge is 0.227 e. The standard InChI is InChI=1S/C18H26N2O2/c1-3-8-18(17(19)22)9-11-20(12-10-18)16(21)13-15-7-5-4-6-14(15)2/h4-7H,3,8-13H2,1-2H3,(H2,19,22). The summed E-state index contributed by atoms with van der Waals surface area (Å²) in [6, 6.07) is 7.97. The lowest BCUT2D eigenvalue weighted by Crippen LogP contribution is -2.49. The molecular formula is C18H26N2O2. The van der Waals surface area contributed by atoms with E-state index < -0.39 is 5.41 Å². The molecule has 0 aromatic heterocycles. The van der Waals surface area contributed by atoms with Crippen molar-refractivity contribution >= 4 is 11.8 Å². The van der Waals surface area contributed by atoms with E-state index in [1.165, 1.54) is 0 Å². The van der Waals surface area contributed by atoms with Gasteiger partial charge in [0, 0.05) is 13.1 Å². The molecule has 1 aromatic carbocycles. The van der Waals surface area contributed by atoms with Gasteiger partial charge in [0.25, 0.3) is 0 Å². The highest BCUT2D eigenvalue weighted by atomic mass is 16.2. The van der Waals surface area contributed by atoms with Crippen LogP contribution in [-0.4, -0.2) is 29.8 Å². The number of carbonyl (C=O) groups is 2. The molecule has 2 rings (SSSR count). The number of hydrogen-bond acceptors (Lipinski definition) is 2. The van der Waals surface area contributed by atoms with Crippen molar-refractivity contribution in [2.24, 2.45) is 11.1 Å². The number of rotatable bonds is 5. The van der Waals surface area contributed by atoms with Crippen LogP contribution in [0.4, 0.5) is 0 Å². The van der Waals surface area contributed by atoms with E-state index in [1.807, 2.05) is 36.1 Å². The Morgan fingerprint density at radius 3 is 2.41 bits per heavy atom. The fraction of sp³-hybridized carbons (Fsp3) is 0.556. The summed E-state index contributed by atoms with van der Waals surface area (Å²) < 4.78 is 0. The molecule has 0 unspecified atom stereocenters. The van der Waals surface area contributed by atoms with Gasteiger partial charge in [0.15, 0.2) is 0 Å². The molecule has 120 valence electrons. The maximum absolute atomic E-state index is 12.5. The van der Waals surface area contributed by atoms with Gasteiger partial charge in [0.1, 0.15) is 0 Å². The predicted octanol–water partition coefficient (Wildman–Crippen LogP) is 2.43. The lowest BCUT2D eigenvalue weighted by atomic mass is 9.74. The first-order valence-corrected chi connectivity index (χ1v) is 8.11. The van der Waals surface area contributed by atoms with Gasteiger partial charge in [-0.25, -0.2) is 0 Å². The maximum Gasteiger partial charge on any atom is 0.227 e. The predicted molar refractivity (Wildman–Crippen MR) is 87.2 cm³/mol. The molecule has 4 nitrogen and oxygen atoms in total. The van der Waals surface area contributed by atoms with Crippen LogP contribution >= 0.6 is 0 Å². The Morgan fingerprint density at radius 1 is 1.23 bits per heavy atom. The third kappa shape index (κ3) is 3.49. The SMILES string of the molecule is CCCC1(C(N)=O)CCN(C(=O)Cc2ccccc2C)CC1. The van der Waals surface area contributed by atoms with Crippen molar-refractivity contribution < 1.29 is 9.59 Å². The van der Waals surface area contributed by atoms with E-state index >= 15 is 0 Å². The van der Waals surface area contributed by atoms with Crippen molar-refractivity contribution in [1.82, 2.24) is 4.90 Å². The van der Waals surface area contributed by atoms with E-state index in [0.29, 0.717) is 32.4 Å². The number of likely N-dealkylation sites (tertiary alicyclic amines) is 1. The first kappa shape index (κ1) is 16.5. The molecule has 0 radical (unpaired) electrons. The number of primary amides is 1. The molecule has 2 amide bonds. The minimum atomic E-state index is -0.409. The average molecular weight is 302 g/mol. The van der Waals surface area contributed by atoms with E-state index in [1.54, 1.807) is 0 Å². The van der Waals surface area contributed by atoms with Crippen LogP contribution in [0.15, 0.2) is 24.3 Å². The number of nitrogens with two attached hydrogens (primary N) is 1. The van der Waals surface area contributed by atoms with Gasteiger partial charge in [-0.1, -0.05) is 37.6 Å². The topological polar surface area (TPSA) is 63.4 Å². The Kier molecular flexibility index (Phi) is 5.22. The Balaban J connectivity index is 1.98. The fourth-order valence-corrected chi connectivity index (χ4v) is 3.37. The molecule has 2 N–H and O–H groups in total. The summed E-state index contributed by atoms with van der Waals surface area (Å²) >= 11 is 0. The van der Waals surface area contributed by atoms with E-state index in [4.69, 9.17) is 5.73 Å². The van der Waals surface area contributed by atoms with Crippen LogP contribution in [-0.2, 0) is 16.0 Å². The summed E-state index contributed by atoms with van der Waals surface area (Å²) in [6.07, 6.45) is 3.58. The van der Waals surface area contributed by atoms with Gasteiger partial charge in [0.05, 0.1) is 11.8 Å². The van der Waals surface area contributed by atoms with Gasteiger partial charge in [-0.05, 0) is 37.3 Å². The zero-order valence-electron chi connectivity index (χ0n) is 13.6. The van der Waals surface area contributed by atoms with Crippen LogP contribution in [0.1, 0.15) is 43.7 Å². The minimum absolute atomic E-state index is 0.142. The van der Waals surface area contributed by atoms with Crippen LogP contribution in [0.2, 0.25) is 0 Å². The van der Waals surface area contributed by atoms with Crippen molar-refractivity contribution in [2.45, 2.75) is 46.0 Å². The van der Waals surface area contributed by atoms with Crippen LogP contribution in [0.5, 0.6) is 0 Å². The second-order valence-corrected chi connectivity index (χ2v) is 6.38. The number of amides is 2. The summed E-state index contributed by atoms with van der Waals surface area (Å²) in [4.78, 5) is 26.1. The first-order chi connectivity index (χ1) is 10.5. The molecule has 22 heavy (non-hydrogen) atoms. The van der Waals surface area contributed by atoms with Crippen LogP contribution in [0.3, 0.4) is 0 Å². The molecule has 1 heterocycles. The van der Waals surface area contributed by atoms with Crippen molar-refractivity contribution in [3.8, 4) is 0 Å². The summed E-state index contributed by atoms with van der Waals surface area (Å²) in [5, 5.41) is 0. The van der Waals surface area contributed by atoms with Gasteiger partial charge in [0.2, 0.25) is 11.8 Å². The molecule has 0 spiro atoms. The first-order valence-electron chi connectivity index (χ1n) is 8.11. The summed E-state index contributed by atoms with van der Waals surface area (Å²) in [6.45, 7) is 5.36. The third-order valence-electron chi connectivity index (χ3n) is 4.93. The molecule has 4 heteroatoms. The van der Waals surface area contributed by atoms with Crippen LogP contribution < -0.4 is 5.73 Å². The fourth-order valence-electron chi connectivity index (χ4n) is 3.37. The van der Waals surface area contributed by atoms with E-state index in [2.05, 4.69) is 6.92 Å². The second-order valence-electron chi connectivity index (χ2n) is 6.38. The molecule has 0 atom stereocenters. The van der Waals surface area contributed by atoms with Gasteiger partial charge in [-0.2, -0.15) is 0 Å². The number of benzene rings is 1. The number of piperidine rings is 1. The Hall–Kier alpha value is -1.84. The van der Waals surface area contributed by atoms with Gasteiger partial charge in [-0.15, -0.1) is 0 Å². The number of aryl methyl sites for hydroxylation is 1. The molecule has 0 saturated carbocycles. The summed E-state index contributed by atoms with van der Waals surface area (Å²) in [5.41, 5.74) is 7.42. The zero-order valence-corrected chi connectivity index (χ0v) is 13.6. The number of nitrogens with zero attached hydrogens (tertiary/aromatic N) is 1. The molecule has 1 saturated heterocycles. The van der Waals surface area contributed by atoms with Crippen molar-refractivity contribution in [3.05, 3.63) is 35.4 Å². The number of hydrogen-bond donors (Lipinski definition) is 1. The molecule has 1 aliphatic heterocycles. The average Bonchev–Trinajstić information content (AvgIpc) is 2.50. The van der Waals surface area contributed by atoms with Crippen LogP contribution in [0.25, 0.3) is 0 Å². The highest BCUT2D eigenvalue weighted by Crippen LogP contribution is 2.36. The maximum atomic E-state index is 12.5.